The van der Waals surface area contributed by atoms with Gasteiger partial charge in [-0.15, -0.1) is 0 Å². The molecule has 0 atom stereocenters. The first-order valence-electron chi connectivity index (χ1n) is 5.97. The summed E-state index contributed by atoms with van der Waals surface area (Å²) in [5, 5.41) is 0. The number of aryl methyl sites for hydroxylation is 2. The molecule has 5 nitrogen and oxygen atoms in total. The molecule has 0 saturated heterocycles. The summed E-state index contributed by atoms with van der Waals surface area (Å²) in [6.45, 7) is 3.63. The number of benzene rings is 1. The van der Waals surface area contributed by atoms with Gasteiger partial charge in [0.25, 0.3) is 0 Å². The van der Waals surface area contributed by atoms with Crippen LogP contribution in [0.3, 0.4) is 0 Å². The van der Waals surface area contributed by atoms with Gasteiger partial charge in [-0.25, -0.2) is 10.8 Å². The van der Waals surface area contributed by atoms with E-state index in [-0.39, 0.29) is 11.8 Å². The number of hydrogen-bond donors (Lipinski definition) is 2. The van der Waals surface area contributed by atoms with Gasteiger partial charge in [0.2, 0.25) is 11.8 Å². The van der Waals surface area contributed by atoms with E-state index >= 15 is 0 Å². The van der Waals surface area contributed by atoms with Crippen molar-refractivity contribution >= 4 is 5.95 Å². The van der Waals surface area contributed by atoms with Gasteiger partial charge in [-0.2, -0.15) is 18.2 Å². The second-order valence-electron chi connectivity index (χ2n) is 4.43. The van der Waals surface area contributed by atoms with Gasteiger partial charge >= 0.3 is 6.18 Å². The van der Waals surface area contributed by atoms with Crippen molar-refractivity contribution in [1.82, 2.24) is 9.97 Å². The predicted octanol–water partition coefficient (Wildman–Crippen LogP) is 3.19. The summed E-state index contributed by atoms with van der Waals surface area (Å²) in [7, 11) is 0. The van der Waals surface area contributed by atoms with Gasteiger partial charge in [0.1, 0.15) is 5.75 Å². The number of rotatable bonds is 3. The molecule has 8 heteroatoms. The van der Waals surface area contributed by atoms with Crippen molar-refractivity contribution in [3.05, 3.63) is 41.1 Å². The van der Waals surface area contributed by atoms with E-state index in [1.165, 1.54) is 0 Å². The number of aromatic nitrogens is 2. The summed E-state index contributed by atoms with van der Waals surface area (Å²) in [5.74, 6) is 4.89. The number of nitrogens with one attached hydrogen (secondary N) is 1. The molecule has 1 aromatic carbocycles. The fraction of sp³-hybridized carbons (Fsp3) is 0.231. The van der Waals surface area contributed by atoms with Crippen LogP contribution in [0, 0.1) is 13.8 Å². The maximum atomic E-state index is 12.8. The minimum absolute atomic E-state index is 0.237. The Labute approximate surface area is 118 Å². The van der Waals surface area contributed by atoms with E-state index < -0.39 is 11.9 Å². The van der Waals surface area contributed by atoms with Crippen molar-refractivity contribution < 1.29 is 17.9 Å². The van der Waals surface area contributed by atoms with Crippen molar-refractivity contribution in [2.24, 2.45) is 5.84 Å². The molecule has 0 aliphatic carbocycles. The lowest BCUT2D eigenvalue weighted by atomic mass is 10.1. The molecule has 3 N–H and O–H groups in total. The molecule has 112 valence electrons. The first kappa shape index (κ1) is 15.0. The molecular formula is C13H13F3N4O. The molecule has 2 aromatic rings. The molecule has 1 heterocycles. The van der Waals surface area contributed by atoms with Crippen LogP contribution < -0.4 is 16.0 Å². The summed E-state index contributed by atoms with van der Waals surface area (Å²) < 4.78 is 43.7. The van der Waals surface area contributed by atoms with Gasteiger partial charge in [0.05, 0.1) is 0 Å². The predicted molar refractivity (Wildman–Crippen MR) is 70.8 cm³/mol. The molecule has 1 aromatic heterocycles. The molecule has 0 radical (unpaired) electrons. The molecule has 0 fully saturated rings. The topological polar surface area (TPSA) is 73.1 Å². The average Bonchev–Trinajstić information content (AvgIpc) is 2.41. The molecule has 0 unspecified atom stereocenters. The fourth-order valence-electron chi connectivity index (χ4n) is 1.62. The van der Waals surface area contributed by atoms with E-state index in [9.17, 15) is 13.2 Å². The van der Waals surface area contributed by atoms with Crippen LogP contribution in [0.5, 0.6) is 11.6 Å². The summed E-state index contributed by atoms with van der Waals surface area (Å²) in [4.78, 5) is 7.01. The number of anilines is 1. The number of alkyl halides is 3. The van der Waals surface area contributed by atoms with Crippen LogP contribution in [0.15, 0.2) is 24.3 Å². The maximum absolute atomic E-state index is 12.8. The van der Waals surface area contributed by atoms with Crippen LogP contribution in [0.2, 0.25) is 0 Å². The zero-order chi connectivity index (χ0) is 15.6. The van der Waals surface area contributed by atoms with Crippen molar-refractivity contribution in [2.75, 3.05) is 5.43 Å². The Morgan fingerprint density at radius 2 is 1.86 bits per heavy atom. The minimum Gasteiger partial charge on any atom is -0.439 e. The standard InChI is InChI=1S/C13H13F3N4O/c1-7-3-4-8(2)9(5-7)21-11-6-10(13(14,15)16)18-12(19-11)20-17/h3-6H,17H2,1-2H3,(H,18,19,20). The molecule has 2 rings (SSSR count). The van der Waals surface area contributed by atoms with Crippen molar-refractivity contribution in [2.45, 2.75) is 20.0 Å². The number of nitrogens with zero attached hydrogens (tertiary/aromatic N) is 2. The monoisotopic (exact) mass is 298 g/mol. The highest BCUT2D eigenvalue weighted by molar-refractivity contribution is 5.40. The summed E-state index contributed by atoms with van der Waals surface area (Å²) in [6, 6.07) is 6.11. The lowest BCUT2D eigenvalue weighted by Crippen LogP contribution is -2.15. The summed E-state index contributed by atoms with van der Waals surface area (Å²) in [6.07, 6.45) is -4.62. The lowest BCUT2D eigenvalue weighted by Gasteiger charge is -2.12. The van der Waals surface area contributed by atoms with Crippen LogP contribution in [-0.4, -0.2) is 9.97 Å². The number of halogens is 3. The smallest absolute Gasteiger partial charge is 0.433 e. The van der Waals surface area contributed by atoms with Gasteiger partial charge in [0, 0.05) is 6.07 Å². The Morgan fingerprint density at radius 3 is 2.48 bits per heavy atom. The average molecular weight is 298 g/mol. The molecule has 0 bridgehead atoms. The van der Waals surface area contributed by atoms with Gasteiger partial charge in [-0.05, 0) is 31.0 Å². The zero-order valence-corrected chi connectivity index (χ0v) is 11.3. The largest absolute Gasteiger partial charge is 0.439 e. The number of ether oxygens (including phenoxy) is 1. The van der Waals surface area contributed by atoms with E-state index in [1.54, 1.807) is 19.1 Å². The number of nitrogen functional groups attached to an aromatic ring is 1. The van der Waals surface area contributed by atoms with Gasteiger partial charge in [-0.3, -0.25) is 5.43 Å². The Hall–Kier alpha value is -2.35. The fourth-order valence-corrected chi connectivity index (χ4v) is 1.62. The van der Waals surface area contributed by atoms with Crippen LogP contribution in [0.4, 0.5) is 19.1 Å². The molecule has 0 aliphatic heterocycles. The molecule has 21 heavy (non-hydrogen) atoms. The minimum atomic E-state index is -4.62. The third kappa shape index (κ3) is 3.60. The van der Waals surface area contributed by atoms with Crippen molar-refractivity contribution in [1.29, 1.82) is 0 Å². The van der Waals surface area contributed by atoms with Crippen molar-refractivity contribution in [3.63, 3.8) is 0 Å². The third-order valence-corrected chi connectivity index (χ3v) is 2.68. The van der Waals surface area contributed by atoms with Gasteiger partial charge in [0.15, 0.2) is 5.69 Å². The normalized spacial score (nSPS) is 11.3. The maximum Gasteiger partial charge on any atom is 0.433 e. The number of hydrazine groups is 1. The van der Waals surface area contributed by atoms with E-state index in [4.69, 9.17) is 10.6 Å². The highest BCUT2D eigenvalue weighted by Gasteiger charge is 2.34. The Balaban J connectivity index is 2.42. The number of hydrogen-bond acceptors (Lipinski definition) is 5. The molecular weight excluding hydrogens is 285 g/mol. The highest BCUT2D eigenvalue weighted by Crippen LogP contribution is 2.32. The SMILES string of the molecule is Cc1ccc(C)c(Oc2cc(C(F)(F)F)nc(NN)n2)c1. The Morgan fingerprint density at radius 1 is 1.14 bits per heavy atom. The quantitative estimate of drug-likeness (QED) is 0.672. The zero-order valence-electron chi connectivity index (χ0n) is 11.3. The first-order valence-corrected chi connectivity index (χ1v) is 5.97. The molecule has 0 saturated carbocycles. The number of nitrogens with two attached hydrogens (primary N) is 1. The van der Waals surface area contributed by atoms with E-state index in [1.807, 2.05) is 18.4 Å². The molecule has 0 amide bonds. The van der Waals surface area contributed by atoms with Crippen molar-refractivity contribution in [3.8, 4) is 11.6 Å². The molecule has 0 spiro atoms. The Bertz CT molecular complexity index is 658. The summed E-state index contributed by atoms with van der Waals surface area (Å²) >= 11 is 0. The van der Waals surface area contributed by atoms with Crippen LogP contribution in [0.1, 0.15) is 16.8 Å². The van der Waals surface area contributed by atoms with Crippen LogP contribution in [-0.2, 0) is 6.18 Å². The molecule has 0 aliphatic rings. The second-order valence-corrected chi connectivity index (χ2v) is 4.43. The second kappa shape index (κ2) is 5.57. The van der Waals surface area contributed by atoms with E-state index in [0.29, 0.717) is 5.75 Å². The lowest BCUT2D eigenvalue weighted by molar-refractivity contribution is -0.141. The van der Waals surface area contributed by atoms with E-state index in [0.717, 1.165) is 17.2 Å². The highest BCUT2D eigenvalue weighted by atomic mass is 19.4. The Kier molecular flexibility index (Phi) is 3.99. The summed E-state index contributed by atoms with van der Waals surface area (Å²) in [5.41, 5.74) is 2.54. The van der Waals surface area contributed by atoms with Crippen LogP contribution >= 0.6 is 0 Å². The van der Waals surface area contributed by atoms with Gasteiger partial charge < -0.3 is 4.74 Å². The third-order valence-electron chi connectivity index (χ3n) is 2.68. The van der Waals surface area contributed by atoms with Gasteiger partial charge in [-0.1, -0.05) is 12.1 Å². The first-order chi connectivity index (χ1) is 9.79. The van der Waals surface area contributed by atoms with E-state index in [2.05, 4.69) is 9.97 Å². The van der Waals surface area contributed by atoms with Crippen LogP contribution in [0.25, 0.3) is 0 Å².